The fourth-order valence-corrected chi connectivity index (χ4v) is 5.19. The average molecular weight is 441 g/mol. The summed E-state index contributed by atoms with van der Waals surface area (Å²) >= 11 is 0. The molecule has 1 aliphatic heterocycles. The van der Waals surface area contributed by atoms with Crippen LogP contribution in [0, 0.1) is 5.82 Å². The Morgan fingerprint density at radius 3 is 2.13 bits per heavy atom. The third kappa shape index (κ3) is 4.49. The number of nitrogens with zero attached hydrogens (tertiary/aromatic N) is 4. The van der Waals surface area contributed by atoms with Crippen molar-refractivity contribution in [1.82, 2.24) is 4.98 Å². The van der Waals surface area contributed by atoms with Crippen molar-refractivity contribution in [3.63, 3.8) is 0 Å². The fourth-order valence-electron chi connectivity index (χ4n) is 3.77. The summed E-state index contributed by atoms with van der Waals surface area (Å²) in [5.74, 6) is 0.510. The van der Waals surface area contributed by atoms with Gasteiger partial charge in [-0.3, -0.25) is 4.31 Å². The topological polar surface area (TPSA) is 56.8 Å². The van der Waals surface area contributed by atoms with Gasteiger partial charge in [-0.05, 0) is 55.5 Å². The number of rotatable bonds is 6. The molecule has 8 heteroatoms. The molecule has 3 aromatic rings. The summed E-state index contributed by atoms with van der Waals surface area (Å²) in [5, 5.41) is 0. The van der Waals surface area contributed by atoms with Gasteiger partial charge in [-0.15, -0.1) is 0 Å². The SMILES string of the molecule is CCN(c1ccccc1)S(=O)(=O)c1ccc(N2CCN(c3ccc(F)cc3)CC2)nc1. The minimum Gasteiger partial charge on any atom is -0.368 e. The normalized spacial score (nSPS) is 14.5. The maximum atomic E-state index is 13.1. The van der Waals surface area contributed by atoms with Crippen LogP contribution in [0.3, 0.4) is 0 Å². The van der Waals surface area contributed by atoms with Crippen LogP contribution in [-0.4, -0.2) is 46.1 Å². The molecule has 0 aliphatic carbocycles. The van der Waals surface area contributed by atoms with Crippen LogP contribution in [0.1, 0.15) is 6.92 Å². The van der Waals surface area contributed by atoms with Crippen LogP contribution in [0.2, 0.25) is 0 Å². The molecule has 1 saturated heterocycles. The van der Waals surface area contributed by atoms with Crippen LogP contribution >= 0.6 is 0 Å². The molecule has 0 N–H and O–H groups in total. The van der Waals surface area contributed by atoms with Crippen molar-refractivity contribution in [2.24, 2.45) is 0 Å². The third-order valence-corrected chi connectivity index (χ3v) is 7.32. The van der Waals surface area contributed by atoms with Crippen molar-refractivity contribution >= 4 is 27.2 Å². The molecule has 2 heterocycles. The van der Waals surface area contributed by atoms with Crippen LogP contribution in [0.15, 0.2) is 77.8 Å². The van der Waals surface area contributed by atoms with Crippen LogP contribution in [0.5, 0.6) is 0 Å². The predicted molar refractivity (Wildman–Crippen MR) is 122 cm³/mol. The number of aromatic nitrogens is 1. The van der Waals surface area contributed by atoms with Gasteiger partial charge in [-0.1, -0.05) is 18.2 Å². The van der Waals surface area contributed by atoms with E-state index in [-0.39, 0.29) is 10.7 Å². The van der Waals surface area contributed by atoms with E-state index in [0.717, 1.165) is 37.7 Å². The summed E-state index contributed by atoms with van der Waals surface area (Å²) in [7, 11) is -3.69. The number of pyridine rings is 1. The lowest BCUT2D eigenvalue weighted by molar-refractivity contribution is 0.591. The van der Waals surface area contributed by atoms with Gasteiger partial charge in [0.25, 0.3) is 10.0 Å². The van der Waals surface area contributed by atoms with Crippen molar-refractivity contribution in [3.05, 3.63) is 78.7 Å². The molecule has 1 aliphatic rings. The Balaban J connectivity index is 1.45. The minimum atomic E-state index is -3.69. The van der Waals surface area contributed by atoms with Gasteiger partial charge in [-0.25, -0.2) is 17.8 Å². The Morgan fingerprint density at radius 2 is 1.55 bits per heavy atom. The van der Waals surface area contributed by atoms with E-state index < -0.39 is 10.0 Å². The van der Waals surface area contributed by atoms with Crippen LogP contribution < -0.4 is 14.1 Å². The number of para-hydroxylation sites is 1. The van der Waals surface area contributed by atoms with Crippen LogP contribution in [0.4, 0.5) is 21.6 Å². The lowest BCUT2D eigenvalue weighted by Gasteiger charge is -2.36. The molecule has 1 aromatic heterocycles. The zero-order valence-electron chi connectivity index (χ0n) is 17.4. The van der Waals surface area contributed by atoms with Gasteiger partial charge in [0.05, 0.1) is 5.69 Å². The van der Waals surface area contributed by atoms with E-state index >= 15 is 0 Å². The molecule has 0 bridgehead atoms. The van der Waals surface area contributed by atoms with Gasteiger partial charge in [0, 0.05) is 44.6 Å². The lowest BCUT2D eigenvalue weighted by Crippen LogP contribution is -2.46. The Kier molecular flexibility index (Phi) is 6.08. The van der Waals surface area contributed by atoms with E-state index in [1.165, 1.54) is 22.6 Å². The van der Waals surface area contributed by atoms with Crippen molar-refractivity contribution in [3.8, 4) is 0 Å². The Hall–Kier alpha value is -3.13. The second kappa shape index (κ2) is 8.93. The Morgan fingerprint density at radius 1 is 0.903 bits per heavy atom. The predicted octanol–water partition coefficient (Wildman–Crippen LogP) is 3.76. The maximum absolute atomic E-state index is 13.1. The number of anilines is 3. The first kappa shape index (κ1) is 21.1. The average Bonchev–Trinajstić information content (AvgIpc) is 2.81. The molecule has 2 aromatic carbocycles. The van der Waals surface area contributed by atoms with E-state index in [9.17, 15) is 12.8 Å². The second-order valence-electron chi connectivity index (χ2n) is 7.31. The van der Waals surface area contributed by atoms with Gasteiger partial charge in [0.2, 0.25) is 0 Å². The molecule has 4 rings (SSSR count). The number of sulfonamides is 1. The van der Waals surface area contributed by atoms with Crippen LogP contribution in [-0.2, 0) is 10.0 Å². The summed E-state index contributed by atoms with van der Waals surface area (Å²) in [5.41, 5.74) is 1.63. The fraction of sp³-hybridized carbons (Fsp3) is 0.261. The summed E-state index contributed by atoms with van der Waals surface area (Å²) in [6.45, 7) is 5.21. The van der Waals surface area contributed by atoms with Crippen LogP contribution in [0.25, 0.3) is 0 Å². The van der Waals surface area contributed by atoms with E-state index in [2.05, 4.69) is 14.8 Å². The molecule has 0 spiro atoms. The number of hydrogen-bond acceptors (Lipinski definition) is 5. The molecule has 162 valence electrons. The zero-order valence-corrected chi connectivity index (χ0v) is 18.2. The Labute approximate surface area is 182 Å². The van der Waals surface area contributed by atoms with Gasteiger partial charge >= 0.3 is 0 Å². The molecule has 0 unspecified atom stereocenters. The van der Waals surface area contributed by atoms with Crippen molar-refractivity contribution in [1.29, 1.82) is 0 Å². The van der Waals surface area contributed by atoms with Gasteiger partial charge in [0.15, 0.2) is 0 Å². The maximum Gasteiger partial charge on any atom is 0.265 e. The minimum absolute atomic E-state index is 0.173. The smallest absolute Gasteiger partial charge is 0.265 e. The third-order valence-electron chi connectivity index (χ3n) is 5.44. The zero-order chi connectivity index (χ0) is 21.8. The number of hydrogen-bond donors (Lipinski definition) is 0. The van der Waals surface area contributed by atoms with Gasteiger partial charge < -0.3 is 9.80 Å². The summed E-state index contributed by atoms with van der Waals surface area (Å²) in [6.07, 6.45) is 1.43. The van der Waals surface area contributed by atoms with Gasteiger partial charge in [-0.2, -0.15) is 0 Å². The molecular weight excluding hydrogens is 415 g/mol. The number of benzene rings is 2. The molecule has 1 fully saturated rings. The van der Waals surface area contributed by atoms with E-state index in [1.807, 2.05) is 25.1 Å². The first-order valence-corrected chi connectivity index (χ1v) is 11.7. The summed E-state index contributed by atoms with van der Waals surface area (Å²) < 4.78 is 40.8. The van der Waals surface area contributed by atoms with E-state index in [0.29, 0.717) is 12.2 Å². The highest BCUT2D eigenvalue weighted by molar-refractivity contribution is 7.92. The summed E-state index contributed by atoms with van der Waals surface area (Å²) in [4.78, 5) is 8.95. The Bertz CT molecular complexity index is 1100. The highest BCUT2D eigenvalue weighted by atomic mass is 32.2. The molecule has 0 amide bonds. The molecule has 31 heavy (non-hydrogen) atoms. The lowest BCUT2D eigenvalue weighted by atomic mass is 10.2. The molecular formula is C23H25FN4O2S. The monoisotopic (exact) mass is 440 g/mol. The number of halogens is 1. The summed E-state index contributed by atoms with van der Waals surface area (Å²) in [6, 6.07) is 19.0. The molecule has 0 saturated carbocycles. The molecule has 0 atom stereocenters. The van der Waals surface area contributed by atoms with E-state index in [4.69, 9.17) is 0 Å². The van der Waals surface area contributed by atoms with E-state index in [1.54, 1.807) is 36.4 Å². The highest BCUT2D eigenvalue weighted by Crippen LogP contribution is 2.25. The highest BCUT2D eigenvalue weighted by Gasteiger charge is 2.25. The van der Waals surface area contributed by atoms with Crippen molar-refractivity contribution in [2.45, 2.75) is 11.8 Å². The second-order valence-corrected chi connectivity index (χ2v) is 9.17. The molecule has 6 nitrogen and oxygen atoms in total. The molecule has 0 radical (unpaired) electrons. The standard InChI is InChI=1S/C23H25FN4O2S/c1-2-28(21-6-4-3-5-7-21)31(29,30)22-12-13-23(25-18-22)27-16-14-26(15-17-27)20-10-8-19(24)9-11-20/h3-13,18H,2,14-17H2,1H3. The first-order chi connectivity index (χ1) is 15.0. The largest absolute Gasteiger partial charge is 0.368 e. The van der Waals surface area contributed by atoms with Gasteiger partial charge in [0.1, 0.15) is 16.5 Å². The quantitative estimate of drug-likeness (QED) is 0.584. The first-order valence-electron chi connectivity index (χ1n) is 10.3. The van der Waals surface area contributed by atoms with Crippen molar-refractivity contribution in [2.75, 3.05) is 46.8 Å². The number of piperazine rings is 1. The van der Waals surface area contributed by atoms with Crippen molar-refractivity contribution < 1.29 is 12.8 Å².